The van der Waals surface area contributed by atoms with Crippen LogP contribution in [0.2, 0.25) is 0 Å². The van der Waals surface area contributed by atoms with Gasteiger partial charge in [-0.2, -0.15) is 0 Å². The largest absolute Gasteiger partial charge is 0.389 e. The SMILES string of the molecule is CNCC(C)(O)Cc1ccc(SC2CCCCC2)cc1. The molecule has 0 aromatic heterocycles. The van der Waals surface area contributed by atoms with E-state index in [2.05, 4.69) is 29.6 Å². The molecule has 0 spiro atoms. The number of hydrogen-bond acceptors (Lipinski definition) is 3. The minimum atomic E-state index is -0.674. The zero-order valence-corrected chi connectivity index (χ0v) is 13.5. The molecule has 1 unspecified atom stereocenters. The Morgan fingerprint density at radius 1 is 1.20 bits per heavy atom. The fourth-order valence-electron chi connectivity index (χ4n) is 2.94. The molecule has 0 heterocycles. The van der Waals surface area contributed by atoms with Crippen molar-refractivity contribution >= 4 is 11.8 Å². The molecule has 1 aliphatic rings. The summed E-state index contributed by atoms with van der Waals surface area (Å²) in [7, 11) is 1.87. The molecule has 0 amide bonds. The zero-order valence-electron chi connectivity index (χ0n) is 12.7. The Morgan fingerprint density at radius 3 is 2.45 bits per heavy atom. The van der Waals surface area contributed by atoms with Crippen LogP contribution in [0, 0.1) is 0 Å². The Hall–Kier alpha value is -0.510. The molecule has 1 aliphatic carbocycles. The molecule has 1 atom stereocenters. The Labute approximate surface area is 127 Å². The third kappa shape index (κ3) is 5.12. The summed E-state index contributed by atoms with van der Waals surface area (Å²) in [6, 6.07) is 8.75. The second-order valence-corrected chi connectivity index (χ2v) is 7.60. The summed E-state index contributed by atoms with van der Waals surface area (Å²) in [6.07, 6.45) is 7.62. The summed E-state index contributed by atoms with van der Waals surface area (Å²) >= 11 is 2.03. The highest BCUT2D eigenvalue weighted by Crippen LogP contribution is 2.33. The van der Waals surface area contributed by atoms with Crippen molar-refractivity contribution < 1.29 is 5.11 Å². The maximum Gasteiger partial charge on any atom is 0.0783 e. The highest BCUT2D eigenvalue weighted by Gasteiger charge is 2.20. The normalized spacial score (nSPS) is 19.8. The van der Waals surface area contributed by atoms with Crippen LogP contribution in [0.5, 0.6) is 0 Å². The average Bonchev–Trinajstić information content (AvgIpc) is 2.42. The second-order valence-electron chi connectivity index (χ2n) is 6.23. The lowest BCUT2D eigenvalue weighted by Gasteiger charge is -2.23. The topological polar surface area (TPSA) is 32.3 Å². The highest BCUT2D eigenvalue weighted by molar-refractivity contribution is 8.00. The average molecular weight is 293 g/mol. The number of benzene rings is 1. The molecule has 1 fully saturated rings. The third-order valence-electron chi connectivity index (χ3n) is 3.92. The number of thioether (sulfide) groups is 1. The Kier molecular flexibility index (Phi) is 5.94. The molecule has 20 heavy (non-hydrogen) atoms. The van der Waals surface area contributed by atoms with Gasteiger partial charge in [-0.3, -0.25) is 0 Å². The summed E-state index contributed by atoms with van der Waals surface area (Å²) < 4.78 is 0. The van der Waals surface area contributed by atoms with Crippen molar-refractivity contribution in [3.05, 3.63) is 29.8 Å². The highest BCUT2D eigenvalue weighted by atomic mass is 32.2. The molecular formula is C17H27NOS. The minimum Gasteiger partial charge on any atom is -0.389 e. The van der Waals surface area contributed by atoms with Gasteiger partial charge >= 0.3 is 0 Å². The number of likely N-dealkylation sites (N-methyl/N-ethyl adjacent to an activating group) is 1. The van der Waals surface area contributed by atoms with Gasteiger partial charge in [0.1, 0.15) is 0 Å². The van der Waals surface area contributed by atoms with E-state index in [4.69, 9.17) is 0 Å². The van der Waals surface area contributed by atoms with E-state index in [1.165, 1.54) is 42.6 Å². The number of aliphatic hydroxyl groups is 1. The molecular weight excluding hydrogens is 266 g/mol. The standard InChI is InChI=1S/C17H27NOS/c1-17(19,13-18-2)12-14-8-10-16(11-9-14)20-15-6-4-3-5-7-15/h8-11,15,18-19H,3-7,12-13H2,1-2H3. The van der Waals surface area contributed by atoms with E-state index in [9.17, 15) is 5.11 Å². The second kappa shape index (κ2) is 7.48. The van der Waals surface area contributed by atoms with Crippen molar-refractivity contribution in [1.29, 1.82) is 0 Å². The van der Waals surface area contributed by atoms with Gasteiger partial charge in [-0.05, 0) is 44.5 Å². The number of hydrogen-bond donors (Lipinski definition) is 2. The minimum absolute atomic E-state index is 0.617. The van der Waals surface area contributed by atoms with Crippen LogP contribution in [-0.4, -0.2) is 29.5 Å². The van der Waals surface area contributed by atoms with Crippen molar-refractivity contribution in [3.8, 4) is 0 Å². The lowest BCUT2D eigenvalue weighted by Crippen LogP contribution is -2.38. The van der Waals surface area contributed by atoms with Gasteiger partial charge in [-0.25, -0.2) is 0 Å². The quantitative estimate of drug-likeness (QED) is 0.840. The van der Waals surface area contributed by atoms with Crippen LogP contribution in [0.25, 0.3) is 0 Å². The van der Waals surface area contributed by atoms with Gasteiger partial charge in [0.2, 0.25) is 0 Å². The molecule has 1 saturated carbocycles. The fourth-order valence-corrected chi connectivity index (χ4v) is 4.19. The van der Waals surface area contributed by atoms with Crippen LogP contribution >= 0.6 is 11.8 Å². The smallest absolute Gasteiger partial charge is 0.0783 e. The molecule has 2 rings (SSSR count). The van der Waals surface area contributed by atoms with Crippen LogP contribution < -0.4 is 5.32 Å². The molecule has 1 aromatic rings. The van der Waals surface area contributed by atoms with Crippen molar-refractivity contribution in [1.82, 2.24) is 5.32 Å². The van der Waals surface area contributed by atoms with Crippen molar-refractivity contribution in [2.24, 2.45) is 0 Å². The van der Waals surface area contributed by atoms with E-state index in [0.29, 0.717) is 13.0 Å². The van der Waals surface area contributed by atoms with Gasteiger partial charge in [-0.1, -0.05) is 31.4 Å². The first-order valence-corrected chi connectivity index (χ1v) is 8.60. The van der Waals surface area contributed by atoms with Crippen molar-refractivity contribution in [3.63, 3.8) is 0 Å². The summed E-state index contributed by atoms with van der Waals surface area (Å²) in [6.45, 7) is 2.50. The van der Waals surface area contributed by atoms with Gasteiger partial charge in [0.25, 0.3) is 0 Å². The molecule has 1 aromatic carbocycles. The van der Waals surface area contributed by atoms with E-state index in [1.54, 1.807) is 0 Å². The van der Waals surface area contributed by atoms with Gasteiger partial charge in [0.05, 0.1) is 5.60 Å². The molecule has 0 saturated heterocycles. The summed E-state index contributed by atoms with van der Waals surface area (Å²) in [5.41, 5.74) is 0.533. The predicted octanol–water partition coefficient (Wildman–Crippen LogP) is 3.62. The molecule has 0 aliphatic heterocycles. The lowest BCUT2D eigenvalue weighted by atomic mass is 9.97. The predicted molar refractivity (Wildman–Crippen MR) is 87.4 cm³/mol. The van der Waals surface area contributed by atoms with Gasteiger partial charge in [0.15, 0.2) is 0 Å². The molecule has 2 nitrogen and oxygen atoms in total. The van der Waals surface area contributed by atoms with Gasteiger partial charge in [0, 0.05) is 23.1 Å². The first-order chi connectivity index (χ1) is 9.59. The zero-order chi connectivity index (χ0) is 14.4. The lowest BCUT2D eigenvalue weighted by molar-refractivity contribution is 0.0622. The van der Waals surface area contributed by atoms with E-state index in [1.807, 2.05) is 25.7 Å². The maximum atomic E-state index is 10.2. The van der Waals surface area contributed by atoms with E-state index >= 15 is 0 Å². The molecule has 0 bridgehead atoms. The summed E-state index contributed by atoms with van der Waals surface area (Å²) in [4.78, 5) is 1.37. The Balaban J connectivity index is 1.89. The fraction of sp³-hybridized carbons (Fsp3) is 0.647. The molecule has 3 heteroatoms. The maximum absolute atomic E-state index is 10.2. The van der Waals surface area contributed by atoms with Crippen molar-refractivity contribution in [2.75, 3.05) is 13.6 Å². The molecule has 0 radical (unpaired) electrons. The monoisotopic (exact) mass is 293 g/mol. The third-order valence-corrected chi connectivity index (χ3v) is 5.27. The molecule has 112 valence electrons. The van der Waals surface area contributed by atoms with Crippen LogP contribution in [0.1, 0.15) is 44.6 Å². The molecule has 2 N–H and O–H groups in total. The van der Waals surface area contributed by atoms with Crippen molar-refractivity contribution in [2.45, 2.75) is 61.2 Å². The van der Waals surface area contributed by atoms with Gasteiger partial charge in [-0.15, -0.1) is 11.8 Å². The first kappa shape index (κ1) is 15.9. The van der Waals surface area contributed by atoms with E-state index in [-0.39, 0.29) is 0 Å². The summed E-state index contributed by atoms with van der Waals surface area (Å²) in [5.74, 6) is 0. The first-order valence-electron chi connectivity index (χ1n) is 7.72. The summed E-state index contributed by atoms with van der Waals surface area (Å²) in [5, 5.41) is 14.1. The van der Waals surface area contributed by atoms with Crippen LogP contribution in [0.3, 0.4) is 0 Å². The van der Waals surface area contributed by atoms with E-state index in [0.717, 1.165) is 5.25 Å². The Morgan fingerprint density at radius 2 is 1.85 bits per heavy atom. The van der Waals surface area contributed by atoms with Crippen LogP contribution in [0.15, 0.2) is 29.2 Å². The van der Waals surface area contributed by atoms with E-state index < -0.39 is 5.60 Å². The van der Waals surface area contributed by atoms with Crippen LogP contribution in [-0.2, 0) is 6.42 Å². The van der Waals surface area contributed by atoms with Gasteiger partial charge < -0.3 is 10.4 Å². The Bertz CT molecular complexity index is 396. The number of nitrogens with one attached hydrogen (secondary N) is 1. The van der Waals surface area contributed by atoms with Crippen LogP contribution in [0.4, 0.5) is 0 Å². The number of rotatable bonds is 6.